The molecule has 0 radical (unpaired) electrons. The van der Waals surface area contributed by atoms with Crippen molar-refractivity contribution in [3.8, 4) is 0 Å². The van der Waals surface area contributed by atoms with Gasteiger partial charge < -0.3 is 5.11 Å². The summed E-state index contributed by atoms with van der Waals surface area (Å²) < 4.78 is 0. The second-order valence-corrected chi connectivity index (χ2v) is 5.77. The van der Waals surface area contributed by atoms with Crippen LogP contribution < -0.4 is 0 Å². The molecule has 1 aromatic rings. The zero-order chi connectivity index (χ0) is 12.3. The van der Waals surface area contributed by atoms with Gasteiger partial charge in [0.05, 0.1) is 5.60 Å². The molecular formula is C15H21ClO. The summed E-state index contributed by atoms with van der Waals surface area (Å²) in [6.07, 6.45) is 6.11. The molecule has 0 amide bonds. The second kappa shape index (κ2) is 5.41. The molecule has 2 rings (SSSR count). The van der Waals surface area contributed by atoms with Crippen molar-refractivity contribution < 1.29 is 5.11 Å². The van der Waals surface area contributed by atoms with E-state index in [1.807, 2.05) is 24.3 Å². The summed E-state index contributed by atoms with van der Waals surface area (Å²) >= 11 is 6.16. The summed E-state index contributed by atoms with van der Waals surface area (Å²) in [6, 6.07) is 7.85. The Morgan fingerprint density at radius 2 is 2.18 bits per heavy atom. The molecule has 94 valence electrons. The Kier molecular flexibility index (Phi) is 4.11. The van der Waals surface area contributed by atoms with Crippen LogP contribution in [0.15, 0.2) is 24.3 Å². The number of benzene rings is 1. The van der Waals surface area contributed by atoms with Crippen molar-refractivity contribution in [2.75, 3.05) is 0 Å². The summed E-state index contributed by atoms with van der Waals surface area (Å²) in [5.74, 6) is 0.677. The van der Waals surface area contributed by atoms with Crippen molar-refractivity contribution in [2.45, 2.75) is 51.0 Å². The number of hydrogen-bond acceptors (Lipinski definition) is 1. The maximum Gasteiger partial charge on any atom is 0.0691 e. The van der Waals surface area contributed by atoms with Gasteiger partial charge in [0.15, 0.2) is 0 Å². The topological polar surface area (TPSA) is 20.2 Å². The number of halogens is 1. The van der Waals surface area contributed by atoms with Crippen LogP contribution in [0.4, 0.5) is 0 Å². The van der Waals surface area contributed by atoms with Crippen molar-refractivity contribution in [2.24, 2.45) is 5.92 Å². The van der Waals surface area contributed by atoms with E-state index in [9.17, 15) is 5.11 Å². The molecule has 2 atom stereocenters. The van der Waals surface area contributed by atoms with E-state index >= 15 is 0 Å². The van der Waals surface area contributed by atoms with Gasteiger partial charge in [-0.05, 0) is 30.4 Å². The molecule has 0 bridgehead atoms. The Morgan fingerprint density at radius 1 is 1.41 bits per heavy atom. The van der Waals surface area contributed by atoms with Crippen LogP contribution in [0.1, 0.15) is 44.6 Å². The Morgan fingerprint density at radius 3 is 2.88 bits per heavy atom. The summed E-state index contributed by atoms with van der Waals surface area (Å²) in [4.78, 5) is 0. The highest BCUT2D eigenvalue weighted by Gasteiger charge is 2.34. The van der Waals surface area contributed by atoms with E-state index < -0.39 is 5.60 Å². The molecule has 1 aliphatic rings. The summed E-state index contributed by atoms with van der Waals surface area (Å²) in [6.45, 7) is 2.21. The maximum atomic E-state index is 10.7. The third-order valence-electron chi connectivity index (χ3n) is 3.98. The van der Waals surface area contributed by atoms with Crippen molar-refractivity contribution in [1.29, 1.82) is 0 Å². The van der Waals surface area contributed by atoms with Crippen LogP contribution in [-0.2, 0) is 6.42 Å². The molecule has 0 saturated heterocycles. The van der Waals surface area contributed by atoms with Gasteiger partial charge in [0.25, 0.3) is 0 Å². The maximum absolute atomic E-state index is 10.7. The SMILES string of the molecule is CCC1CCCC(O)(Cc2ccccc2Cl)C1. The molecule has 1 aromatic carbocycles. The molecule has 2 heteroatoms. The van der Waals surface area contributed by atoms with Crippen molar-refractivity contribution >= 4 is 11.6 Å². The highest BCUT2D eigenvalue weighted by Crippen LogP contribution is 2.37. The molecule has 1 N–H and O–H groups in total. The van der Waals surface area contributed by atoms with Gasteiger partial charge in [-0.3, -0.25) is 0 Å². The van der Waals surface area contributed by atoms with Crippen LogP contribution in [-0.4, -0.2) is 10.7 Å². The lowest BCUT2D eigenvalue weighted by atomic mass is 9.74. The predicted molar refractivity (Wildman–Crippen MR) is 72.4 cm³/mol. The van der Waals surface area contributed by atoms with Gasteiger partial charge in [0.2, 0.25) is 0 Å². The first-order valence-electron chi connectivity index (χ1n) is 6.59. The van der Waals surface area contributed by atoms with E-state index in [1.54, 1.807) is 0 Å². The van der Waals surface area contributed by atoms with Gasteiger partial charge in [-0.1, -0.05) is 56.0 Å². The zero-order valence-corrected chi connectivity index (χ0v) is 11.2. The predicted octanol–water partition coefficient (Wildman–Crippen LogP) is 4.21. The van der Waals surface area contributed by atoms with Gasteiger partial charge in [-0.2, -0.15) is 0 Å². The van der Waals surface area contributed by atoms with Gasteiger partial charge in [-0.15, -0.1) is 0 Å². The molecular weight excluding hydrogens is 232 g/mol. The molecule has 0 aromatic heterocycles. The summed E-state index contributed by atoms with van der Waals surface area (Å²) in [7, 11) is 0. The largest absolute Gasteiger partial charge is 0.390 e. The van der Waals surface area contributed by atoms with E-state index in [-0.39, 0.29) is 0 Å². The minimum Gasteiger partial charge on any atom is -0.390 e. The first-order valence-corrected chi connectivity index (χ1v) is 6.96. The Hall–Kier alpha value is -0.530. The van der Waals surface area contributed by atoms with E-state index in [4.69, 9.17) is 11.6 Å². The van der Waals surface area contributed by atoms with Crippen molar-refractivity contribution in [1.82, 2.24) is 0 Å². The van der Waals surface area contributed by atoms with Crippen LogP contribution in [0.25, 0.3) is 0 Å². The molecule has 0 aliphatic heterocycles. The monoisotopic (exact) mass is 252 g/mol. The fraction of sp³-hybridized carbons (Fsp3) is 0.600. The molecule has 1 fully saturated rings. The first kappa shape index (κ1) is 12.9. The third-order valence-corrected chi connectivity index (χ3v) is 4.35. The first-order chi connectivity index (χ1) is 8.13. The Labute approximate surface area is 109 Å². The van der Waals surface area contributed by atoms with Crippen molar-refractivity contribution in [3.05, 3.63) is 34.9 Å². The van der Waals surface area contributed by atoms with Crippen LogP contribution in [0.3, 0.4) is 0 Å². The van der Waals surface area contributed by atoms with Gasteiger partial charge in [0.1, 0.15) is 0 Å². The van der Waals surface area contributed by atoms with Gasteiger partial charge >= 0.3 is 0 Å². The van der Waals surface area contributed by atoms with Gasteiger partial charge in [0, 0.05) is 11.4 Å². The van der Waals surface area contributed by atoms with Crippen LogP contribution >= 0.6 is 11.6 Å². The van der Waals surface area contributed by atoms with Crippen LogP contribution in [0, 0.1) is 5.92 Å². The molecule has 0 heterocycles. The van der Waals surface area contributed by atoms with Crippen LogP contribution in [0.5, 0.6) is 0 Å². The molecule has 2 unspecified atom stereocenters. The molecule has 17 heavy (non-hydrogen) atoms. The quantitative estimate of drug-likeness (QED) is 0.854. The second-order valence-electron chi connectivity index (χ2n) is 5.36. The number of rotatable bonds is 3. The minimum absolute atomic E-state index is 0.538. The normalized spacial score (nSPS) is 29.2. The lowest BCUT2D eigenvalue weighted by Crippen LogP contribution is -2.37. The van der Waals surface area contributed by atoms with E-state index in [2.05, 4.69) is 6.92 Å². The number of hydrogen-bond donors (Lipinski definition) is 1. The summed E-state index contributed by atoms with van der Waals surface area (Å²) in [5, 5.41) is 11.5. The van der Waals surface area contributed by atoms with E-state index in [0.29, 0.717) is 12.3 Å². The van der Waals surface area contributed by atoms with E-state index in [0.717, 1.165) is 29.8 Å². The highest BCUT2D eigenvalue weighted by atomic mass is 35.5. The lowest BCUT2D eigenvalue weighted by Gasteiger charge is -2.37. The summed E-state index contributed by atoms with van der Waals surface area (Å²) in [5.41, 5.74) is 0.539. The standard InChI is InChI=1S/C15H21ClO/c1-2-12-6-5-9-15(17,10-12)11-13-7-3-4-8-14(13)16/h3-4,7-8,12,17H,2,5-6,9-11H2,1H3. The fourth-order valence-corrected chi connectivity index (χ4v) is 3.17. The molecule has 1 aliphatic carbocycles. The Bertz CT molecular complexity index is 377. The highest BCUT2D eigenvalue weighted by molar-refractivity contribution is 6.31. The molecule has 0 spiro atoms. The molecule has 1 nitrogen and oxygen atoms in total. The lowest BCUT2D eigenvalue weighted by molar-refractivity contribution is -0.0161. The fourth-order valence-electron chi connectivity index (χ4n) is 2.97. The van der Waals surface area contributed by atoms with Crippen LogP contribution in [0.2, 0.25) is 5.02 Å². The van der Waals surface area contributed by atoms with Crippen molar-refractivity contribution in [3.63, 3.8) is 0 Å². The Balaban J connectivity index is 2.09. The average Bonchev–Trinajstić information content (AvgIpc) is 2.32. The molecule has 1 saturated carbocycles. The van der Waals surface area contributed by atoms with Gasteiger partial charge in [-0.25, -0.2) is 0 Å². The number of aliphatic hydroxyl groups is 1. The van der Waals surface area contributed by atoms with E-state index in [1.165, 1.54) is 12.8 Å². The third kappa shape index (κ3) is 3.23. The average molecular weight is 253 g/mol. The minimum atomic E-state index is -0.538. The zero-order valence-electron chi connectivity index (χ0n) is 10.5. The smallest absolute Gasteiger partial charge is 0.0691 e.